The van der Waals surface area contributed by atoms with Gasteiger partial charge in [-0.25, -0.2) is 16.8 Å². The molecule has 0 saturated heterocycles. The molecule has 2 N–H and O–H groups in total. The van der Waals surface area contributed by atoms with Crippen LogP contribution >= 0.6 is 0 Å². The van der Waals surface area contributed by atoms with Crippen LogP contribution in [0.25, 0.3) is 22.9 Å². The molecule has 1 aliphatic carbocycles. The molecular formula is C35H38F3N3O4S2. The van der Waals surface area contributed by atoms with Crippen LogP contribution in [0.1, 0.15) is 57.1 Å². The van der Waals surface area contributed by atoms with Gasteiger partial charge in [0, 0.05) is 35.9 Å². The molecule has 1 saturated carbocycles. The number of hydrogen-bond acceptors (Lipinski definition) is 6. The SMILES string of the molecule is C=c1ccc(=C(c2ccc(N(CC)CC)cc2)c2ccc(NC3CCCCC3)c3c(S(=O)(=O)NS(=O)(=O)C(F)(F)F)cccc23)cc1. The zero-order valence-corrected chi connectivity index (χ0v) is 27.9. The fourth-order valence-electron chi connectivity index (χ4n) is 6.22. The van der Waals surface area contributed by atoms with Crippen LogP contribution in [0.2, 0.25) is 0 Å². The first-order chi connectivity index (χ1) is 22.3. The van der Waals surface area contributed by atoms with Gasteiger partial charge in [-0.2, -0.15) is 13.2 Å². The van der Waals surface area contributed by atoms with E-state index >= 15 is 0 Å². The summed E-state index contributed by atoms with van der Waals surface area (Å²) in [6, 6.07) is 23.4. The highest BCUT2D eigenvalue weighted by atomic mass is 32.3. The molecule has 0 aromatic heterocycles. The van der Waals surface area contributed by atoms with E-state index in [-0.39, 0.29) is 11.4 Å². The largest absolute Gasteiger partial charge is 0.512 e. The van der Waals surface area contributed by atoms with Crippen molar-refractivity contribution in [2.24, 2.45) is 0 Å². The van der Waals surface area contributed by atoms with E-state index in [0.29, 0.717) is 16.6 Å². The first-order valence-electron chi connectivity index (χ1n) is 15.6. The van der Waals surface area contributed by atoms with Crippen molar-refractivity contribution in [3.8, 4) is 0 Å². The number of anilines is 2. The first kappa shape index (κ1) is 34.5. The normalized spacial score (nSPS) is 14.7. The predicted molar refractivity (Wildman–Crippen MR) is 183 cm³/mol. The number of alkyl halides is 3. The molecule has 4 aromatic rings. The Kier molecular flexibility index (Phi) is 10.0. The van der Waals surface area contributed by atoms with E-state index in [1.54, 1.807) is 12.1 Å². The number of nitrogens with zero attached hydrogens (tertiary/aromatic N) is 1. The summed E-state index contributed by atoms with van der Waals surface area (Å²) in [6.07, 6.45) is 4.72. The fraction of sp³-hybridized carbons (Fsp3) is 0.314. The number of sulfonamides is 2. The van der Waals surface area contributed by atoms with Crippen LogP contribution < -0.4 is 24.8 Å². The van der Waals surface area contributed by atoms with Gasteiger partial charge in [0.05, 0.1) is 4.90 Å². The van der Waals surface area contributed by atoms with Gasteiger partial charge in [0.25, 0.3) is 10.0 Å². The summed E-state index contributed by atoms with van der Waals surface area (Å²) in [5.41, 5.74) is -2.18. The van der Waals surface area contributed by atoms with E-state index in [1.807, 2.05) is 54.6 Å². The Labute approximate surface area is 273 Å². The van der Waals surface area contributed by atoms with Gasteiger partial charge in [-0.1, -0.05) is 84.6 Å². The highest BCUT2D eigenvalue weighted by Gasteiger charge is 2.48. The monoisotopic (exact) mass is 685 g/mol. The van der Waals surface area contributed by atoms with Crippen LogP contribution in [0, 0.1) is 0 Å². The third kappa shape index (κ3) is 7.34. The fourth-order valence-corrected chi connectivity index (χ4v) is 8.85. The molecule has 0 bridgehead atoms. The minimum Gasteiger partial charge on any atom is -0.382 e. The van der Waals surface area contributed by atoms with Gasteiger partial charge in [0.1, 0.15) is 0 Å². The second kappa shape index (κ2) is 13.7. The molecule has 0 amide bonds. The van der Waals surface area contributed by atoms with E-state index in [2.05, 4.69) is 30.6 Å². The Balaban J connectivity index is 1.80. The number of nitrogens with one attached hydrogen (secondary N) is 2. The van der Waals surface area contributed by atoms with Crippen molar-refractivity contribution in [1.82, 2.24) is 4.13 Å². The van der Waals surface area contributed by atoms with Gasteiger partial charge >= 0.3 is 15.5 Å². The lowest BCUT2D eigenvalue weighted by molar-refractivity contribution is -0.0441. The van der Waals surface area contributed by atoms with Crippen LogP contribution in [-0.4, -0.2) is 41.5 Å². The summed E-state index contributed by atoms with van der Waals surface area (Å²) in [7, 11) is -11.4. The van der Waals surface area contributed by atoms with E-state index in [4.69, 9.17) is 0 Å². The molecule has 4 aromatic carbocycles. The zero-order chi connectivity index (χ0) is 34.0. The standard InChI is InChI=1S/C35H38F3N3O4S2/c1-4-41(5-2)28-20-18-26(19-21-28)33(25-16-14-24(3)15-17-25)30-22-23-31(39-27-10-7-6-8-11-27)34-29(30)12-9-13-32(34)46(42,43)40-47(44,45)35(36,37)38/h9,12-23,27,39-40H,3-8,10-11H2,1-2H3. The Morgan fingerprint density at radius 2 is 1.49 bits per heavy atom. The summed E-state index contributed by atoms with van der Waals surface area (Å²) in [6.45, 7) is 9.79. The van der Waals surface area contributed by atoms with E-state index in [1.165, 1.54) is 6.07 Å². The summed E-state index contributed by atoms with van der Waals surface area (Å²) < 4.78 is 92.1. The lowest BCUT2D eigenvalue weighted by Gasteiger charge is -2.26. The molecule has 0 atom stereocenters. The van der Waals surface area contributed by atoms with Crippen LogP contribution in [-0.2, 0) is 20.0 Å². The summed E-state index contributed by atoms with van der Waals surface area (Å²) >= 11 is 0. The predicted octanol–water partition coefficient (Wildman–Crippen LogP) is 6.22. The summed E-state index contributed by atoms with van der Waals surface area (Å²) in [4.78, 5) is 1.63. The van der Waals surface area contributed by atoms with Crippen molar-refractivity contribution in [2.75, 3.05) is 23.3 Å². The highest BCUT2D eigenvalue weighted by molar-refractivity contribution is 8.05. The van der Waals surface area contributed by atoms with Crippen molar-refractivity contribution < 1.29 is 30.0 Å². The Morgan fingerprint density at radius 3 is 2.09 bits per heavy atom. The molecule has 0 aliphatic heterocycles. The topological polar surface area (TPSA) is 95.6 Å². The zero-order valence-electron chi connectivity index (χ0n) is 26.3. The molecule has 0 radical (unpaired) electrons. The average Bonchev–Trinajstić information content (AvgIpc) is 3.03. The van der Waals surface area contributed by atoms with E-state index < -0.39 is 30.5 Å². The molecule has 1 aliphatic rings. The Morgan fingerprint density at radius 1 is 0.851 bits per heavy atom. The maximum Gasteiger partial charge on any atom is 0.512 e. The van der Waals surface area contributed by atoms with Crippen LogP contribution in [0.5, 0.6) is 0 Å². The number of rotatable bonds is 10. The Hall–Kier alpha value is -3.87. The van der Waals surface area contributed by atoms with Gasteiger partial charge in [0.2, 0.25) is 0 Å². The van der Waals surface area contributed by atoms with Crippen molar-refractivity contribution in [1.29, 1.82) is 0 Å². The van der Waals surface area contributed by atoms with Crippen molar-refractivity contribution in [3.63, 3.8) is 0 Å². The van der Waals surface area contributed by atoms with Crippen molar-refractivity contribution >= 4 is 54.3 Å². The minimum absolute atomic E-state index is 0.0149. The molecule has 12 heteroatoms. The molecular weight excluding hydrogens is 648 g/mol. The maximum atomic E-state index is 13.5. The van der Waals surface area contributed by atoms with Gasteiger partial charge in [-0.15, -0.1) is 0 Å². The summed E-state index contributed by atoms with van der Waals surface area (Å²) in [5.74, 6) is 0. The summed E-state index contributed by atoms with van der Waals surface area (Å²) in [5, 5.41) is 5.57. The second-order valence-electron chi connectivity index (χ2n) is 11.6. The smallest absolute Gasteiger partial charge is 0.382 e. The second-order valence-corrected chi connectivity index (χ2v) is 15.2. The molecule has 47 heavy (non-hydrogen) atoms. The lowest BCUT2D eigenvalue weighted by Crippen LogP contribution is -2.40. The quantitative estimate of drug-likeness (QED) is 0.206. The average molecular weight is 686 g/mol. The van der Waals surface area contributed by atoms with Gasteiger partial charge in [-0.3, -0.25) is 0 Å². The highest BCUT2D eigenvalue weighted by Crippen LogP contribution is 2.38. The maximum absolute atomic E-state index is 13.5. The third-order valence-electron chi connectivity index (χ3n) is 8.58. The number of fused-ring (bicyclic) bond motifs is 1. The first-order valence-corrected chi connectivity index (χ1v) is 18.5. The van der Waals surface area contributed by atoms with Crippen molar-refractivity contribution in [3.05, 3.63) is 100 Å². The molecule has 0 heterocycles. The van der Waals surface area contributed by atoms with Crippen LogP contribution in [0.3, 0.4) is 0 Å². The van der Waals surface area contributed by atoms with E-state index in [0.717, 1.165) is 82.6 Å². The molecule has 1 fully saturated rings. The van der Waals surface area contributed by atoms with E-state index in [9.17, 15) is 30.0 Å². The van der Waals surface area contributed by atoms with Gasteiger partial charge < -0.3 is 10.2 Å². The van der Waals surface area contributed by atoms with Crippen LogP contribution in [0.4, 0.5) is 24.5 Å². The molecule has 0 spiro atoms. The molecule has 0 unspecified atom stereocenters. The molecule has 5 rings (SSSR count). The van der Waals surface area contributed by atoms with Gasteiger partial charge in [0.15, 0.2) is 0 Å². The minimum atomic E-state index is -6.22. The number of benzene rings is 4. The Bertz CT molecular complexity index is 2070. The number of halogens is 3. The molecule has 250 valence electrons. The van der Waals surface area contributed by atoms with Gasteiger partial charge in [-0.05, 0) is 83.5 Å². The van der Waals surface area contributed by atoms with Crippen LogP contribution in [0.15, 0.2) is 83.8 Å². The third-order valence-corrected chi connectivity index (χ3v) is 11.9. The van der Waals surface area contributed by atoms with Crippen molar-refractivity contribution in [2.45, 2.75) is 62.4 Å². The number of hydrogen-bond donors (Lipinski definition) is 2. The molecule has 7 nitrogen and oxygen atoms in total. The lowest BCUT2D eigenvalue weighted by atomic mass is 9.90.